The van der Waals surface area contributed by atoms with Crippen LogP contribution in [-0.2, 0) is 22.6 Å². The molecule has 1 aliphatic heterocycles. The number of halogens is 1. The van der Waals surface area contributed by atoms with Crippen LogP contribution in [0.15, 0.2) is 42.5 Å². The minimum atomic E-state index is -0.106. The third-order valence-electron chi connectivity index (χ3n) is 4.80. The van der Waals surface area contributed by atoms with Gasteiger partial charge in [0, 0.05) is 30.2 Å². The Morgan fingerprint density at radius 1 is 1.21 bits per heavy atom. The van der Waals surface area contributed by atoms with Crippen molar-refractivity contribution in [2.75, 3.05) is 19.7 Å². The van der Waals surface area contributed by atoms with E-state index in [4.69, 9.17) is 16.3 Å². The number of hydrogen-bond donors (Lipinski definition) is 1. The summed E-state index contributed by atoms with van der Waals surface area (Å²) in [5.41, 5.74) is 3.10. The second kappa shape index (κ2) is 9.11. The monoisotopic (exact) mass is 400 g/mol. The molecule has 2 aromatic carbocycles. The molecule has 0 saturated carbocycles. The predicted octanol–water partition coefficient (Wildman–Crippen LogP) is 3.54. The Balaban J connectivity index is 1.50. The largest absolute Gasteiger partial charge is 0.483 e. The third-order valence-corrected chi connectivity index (χ3v) is 5.04. The van der Waals surface area contributed by atoms with Crippen molar-refractivity contribution in [3.63, 3.8) is 0 Å². The minimum absolute atomic E-state index is 0.00915. The second-order valence-corrected chi connectivity index (χ2v) is 7.72. The number of amides is 2. The van der Waals surface area contributed by atoms with Gasteiger partial charge in [0.15, 0.2) is 6.61 Å². The van der Waals surface area contributed by atoms with E-state index in [1.54, 1.807) is 17.0 Å². The highest BCUT2D eigenvalue weighted by atomic mass is 35.5. The number of nitrogens with zero attached hydrogens (tertiary/aromatic N) is 1. The summed E-state index contributed by atoms with van der Waals surface area (Å²) < 4.78 is 5.54. The van der Waals surface area contributed by atoms with Crippen LogP contribution in [0.5, 0.6) is 5.75 Å². The van der Waals surface area contributed by atoms with Crippen LogP contribution in [0.2, 0.25) is 5.02 Å². The molecule has 0 bridgehead atoms. The van der Waals surface area contributed by atoms with E-state index in [0.717, 1.165) is 11.1 Å². The lowest BCUT2D eigenvalue weighted by molar-refractivity contribution is -0.133. The van der Waals surface area contributed by atoms with Crippen LogP contribution in [0.3, 0.4) is 0 Å². The number of nitrogens with one attached hydrogen (secondary N) is 1. The van der Waals surface area contributed by atoms with E-state index in [0.29, 0.717) is 42.7 Å². The Hall–Kier alpha value is -2.53. The average Bonchev–Trinajstić information content (AvgIpc) is 2.81. The van der Waals surface area contributed by atoms with Crippen molar-refractivity contribution >= 4 is 23.4 Å². The maximum absolute atomic E-state index is 12.3. The summed E-state index contributed by atoms with van der Waals surface area (Å²) in [6, 6.07) is 13.4. The summed E-state index contributed by atoms with van der Waals surface area (Å²) in [6.45, 7) is 5.51. The summed E-state index contributed by atoms with van der Waals surface area (Å²) >= 11 is 6.05. The highest BCUT2D eigenvalue weighted by molar-refractivity contribution is 6.30. The van der Waals surface area contributed by atoms with Gasteiger partial charge in [0.05, 0.1) is 6.42 Å². The molecule has 0 aromatic heterocycles. The van der Waals surface area contributed by atoms with E-state index in [9.17, 15) is 9.59 Å². The Morgan fingerprint density at radius 3 is 2.68 bits per heavy atom. The van der Waals surface area contributed by atoms with E-state index in [-0.39, 0.29) is 18.4 Å². The van der Waals surface area contributed by atoms with E-state index >= 15 is 0 Å². The molecule has 1 N–H and O–H groups in total. The number of hydrogen-bond acceptors (Lipinski definition) is 3. The Bertz CT molecular complexity index is 849. The SMILES string of the molecule is CC(C)c1ccc(CC(=O)NCCN2Cc3cc(Cl)ccc3OCC2=O)cc1. The normalized spacial score (nSPS) is 13.7. The molecule has 0 spiro atoms. The van der Waals surface area contributed by atoms with Crippen LogP contribution >= 0.6 is 11.6 Å². The van der Waals surface area contributed by atoms with Crippen molar-refractivity contribution in [3.05, 3.63) is 64.2 Å². The minimum Gasteiger partial charge on any atom is -0.483 e. The topological polar surface area (TPSA) is 58.6 Å². The van der Waals surface area contributed by atoms with Crippen molar-refractivity contribution in [3.8, 4) is 5.75 Å². The van der Waals surface area contributed by atoms with Gasteiger partial charge in [0.1, 0.15) is 5.75 Å². The molecule has 0 unspecified atom stereocenters. The third kappa shape index (κ3) is 5.26. The molecular formula is C22H25ClN2O3. The number of carbonyl (C=O) groups is 2. The second-order valence-electron chi connectivity index (χ2n) is 7.28. The standard InChI is InChI=1S/C22H25ClN2O3/c1-15(2)17-5-3-16(4-6-17)11-21(26)24-9-10-25-13-18-12-19(23)7-8-20(18)28-14-22(25)27/h3-8,12,15H,9-11,13-14H2,1-2H3,(H,24,26). The van der Waals surface area contributed by atoms with Crippen LogP contribution in [0.1, 0.15) is 36.5 Å². The summed E-state index contributed by atoms with van der Waals surface area (Å²) in [5.74, 6) is 0.984. The van der Waals surface area contributed by atoms with Crippen LogP contribution in [0.4, 0.5) is 0 Å². The lowest BCUT2D eigenvalue weighted by Gasteiger charge is -2.20. The fraction of sp³-hybridized carbons (Fsp3) is 0.364. The molecule has 0 aliphatic carbocycles. The molecule has 1 heterocycles. The molecule has 2 amide bonds. The summed E-state index contributed by atoms with van der Waals surface area (Å²) in [7, 11) is 0. The number of carbonyl (C=O) groups excluding carboxylic acids is 2. The van der Waals surface area contributed by atoms with Gasteiger partial charge in [-0.2, -0.15) is 0 Å². The van der Waals surface area contributed by atoms with Crippen LogP contribution in [-0.4, -0.2) is 36.4 Å². The van der Waals surface area contributed by atoms with Gasteiger partial charge in [0.2, 0.25) is 5.91 Å². The molecular weight excluding hydrogens is 376 g/mol. The average molecular weight is 401 g/mol. The first kappa shape index (κ1) is 20.2. The summed E-state index contributed by atoms with van der Waals surface area (Å²) in [4.78, 5) is 26.2. The van der Waals surface area contributed by atoms with Crippen molar-refractivity contribution in [1.29, 1.82) is 0 Å². The Labute approximate surface area is 170 Å². The van der Waals surface area contributed by atoms with Crippen LogP contribution in [0, 0.1) is 0 Å². The Morgan fingerprint density at radius 2 is 1.96 bits per heavy atom. The van der Waals surface area contributed by atoms with Crippen LogP contribution in [0.25, 0.3) is 0 Å². The summed E-state index contributed by atoms with van der Waals surface area (Å²) in [6.07, 6.45) is 0.327. The molecule has 148 valence electrons. The molecule has 0 atom stereocenters. The molecule has 0 radical (unpaired) electrons. The van der Waals surface area contributed by atoms with Crippen molar-refractivity contribution in [2.45, 2.75) is 32.7 Å². The van der Waals surface area contributed by atoms with Crippen molar-refractivity contribution in [1.82, 2.24) is 10.2 Å². The first-order chi connectivity index (χ1) is 13.4. The molecule has 2 aromatic rings. The lowest BCUT2D eigenvalue weighted by Crippen LogP contribution is -2.39. The van der Waals surface area contributed by atoms with Crippen molar-refractivity contribution < 1.29 is 14.3 Å². The van der Waals surface area contributed by atoms with E-state index in [1.807, 2.05) is 18.2 Å². The van der Waals surface area contributed by atoms with Gasteiger partial charge in [-0.3, -0.25) is 9.59 Å². The van der Waals surface area contributed by atoms with Gasteiger partial charge >= 0.3 is 0 Å². The van der Waals surface area contributed by atoms with Gasteiger partial charge < -0.3 is 15.0 Å². The van der Waals surface area contributed by atoms with Crippen molar-refractivity contribution in [2.24, 2.45) is 0 Å². The first-order valence-corrected chi connectivity index (χ1v) is 9.84. The zero-order chi connectivity index (χ0) is 20.1. The molecule has 3 rings (SSSR count). The number of ether oxygens (including phenoxy) is 1. The highest BCUT2D eigenvalue weighted by Gasteiger charge is 2.21. The quantitative estimate of drug-likeness (QED) is 0.806. The number of rotatable bonds is 6. The molecule has 0 saturated heterocycles. The molecule has 28 heavy (non-hydrogen) atoms. The molecule has 6 heteroatoms. The highest BCUT2D eigenvalue weighted by Crippen LogP contribution is 2.26. The molecule has 5 nitrogen and oxygen atoms in total. The van der Waals surface area contributed by atoms with Gasteiger partial charge in [0.25, 0.3) is 5.91 Å². The number of benzene rings is 2. The summed E-state index contributed by atoms with van der Waals surface area (Å²) in [5, 5.41) is 3.50. The smallest absolute Gasteiger partial charge is 0.260 e. The maximum Gasteiger partial charge on any atom is 0.260 e. The fourth-order valence-electron chi connectivity index (χ4n) is 3.14. The van der Waals surface area contributed by atoms with Gasteiger partial charge in [-0.25, -0.2) is 0 Å². The van der Waals surface area contributed by atoms with Gasteiger partial charge in [-0.15, -0.1) is 0 Å². The van der Waals surface area contributed by atoms with Crippen LogP contribution < -0.4 is 10.1 Å². The predicted molar refractivity (Wildman–Crippen MR) is 110 cm³/mol. The Kier molecular flexibility index (Phi) is 6.57. The van der Waals surface area contributed by atoms with E-state index < -0.39 is 0 Å². The van der Waals surface area contributed by atoms with E-state index in [2.05, 4.69) is 31.3 Å². The van der Waals surface area contributed by atoms with Gasteiger partial charge in [-0.05, 0) is 35.2 Å². The zero-order valence-electron chi connectivity index (χ0n) is 16.2. The maximum atomic E-state index is 12.3. The lowest BCUT2D eigenvalue weighted by atomic mass is 10.0. The fourth-order valence-corrected chi connectivity index (χ4v) is 3.33. The number of fused-ring (bicyclic) bond motifs is 1. The molecule has 1 aliphatic rings. The van der Waals surface area contributed by atoms with Gasteiger partial charge in [-0.1, -0.05) is 49.7 Å². The van der Waals surface area contributed by atoms with E-state index in [1.165, 1.54) is 5.56 Å². The zero-order valence-corrected chi connectivity index (χ0v) is 17.0. The molecule has 0 fully saturated rings. The first-order valence-electron chi connectivity index (χ1n) is 9.47.